The molecule has 638 valence electrons. The minimum absolute atomic E-state index is 0.839. The number of hydrogen-bond donors (Lipinski definition) is 0. The van der Waals surface area contributed by atoms with Crippen molar-refractivity contribution < 1.29 is 8.83 Å². The van der Waals surface area contributed by atoms with Crippen LogP contribution in [0.15, 0.2) is 518 Å². The van der Waals surface area contributed by atoms with Gasteiger partial charge in [-0.25, -0.2) is 0 Å². The Morgan fingerprint density at radius 2 is 0.434 bits per heavy atom. The van der Waals surface area contributed by atoms with Crippen LogP contribution in [-0.2, 0) is 0 Å². The predicted molar refractivity (Wildman–Crippen MR) is 573 cm³/mol. The van der Waals surface area contributed by atoms with Crippen LogP contribution in [0.4, 0.5) is 68.2 Å². The first-order valence-corrected chi connectivity index (χ1v) is 46.4. The fraction of sp³-hybridized carbons (Fsp3) is 0. The smallest absolute Gasteiger partial charge is 0.143 e. The van der Waals surface area contributed by atoms with Crippen molar-refractivity contribution in [3.05, 3.63) is 510 Å². The van der Waals surface area contributed by atoms with Crippen molar-refractivity contribution in [1.82, 2.24) is 9.13 Å². The third kappa shape index (κ3) is 13.4. The zero-order valence-corrected chi connectivity index (χ0v) is 74.0. The first-order chi connectivity index (χ1) is 67.5. The molecular formula is C128H84N6O2. The van der Waals surface area contributed by atoms with E-state index < -0.39 is 0 Å². The number of furan rings is 2. The monoisotopic (exact) mass is 1740 g/mol. The van der Waals surface area contributed by atoms with Crippen molar-refractivity contribution in [3.63, 3.8) is 0 Å². The molecule has 0 saturated heterocycles. The Bertz CT molecular complexity index is 9200. The van der Waals surface area contributed by atoms with Crippen molar-refractivity contribution in [1.29, 1.82) is 0 Å². The van der Waals surface area contributed by atoms with Gasteiger partial charge in [-0.3, -0.25) is 0 Å². The second-order valence-electron chi connectivity index (χ2n) is 35.0. The standard InChI is InChI=1S/C68H44N4O.C60H40N2O/c1-5-19-45(20-6-1)69(50-35-39-64-60(42-50)54-28-15-17-31-62(54)71(64)47-23-9-3-10-24-47)49-33-37-57-59(41-49)53-27-13-14-30-56(53)67-58-38-34-52(44-66(58)73-68(57)67)70(46-21-7-2-8-22-46)51-36-40-65-61(43-51)55-29-16-18-32-63(55)72(65)48-25-11-4-12-26-48;1-4-15-41(16-5-1)43-27-31-47(32-28-43)61(48-33-29-44(30-34-48)42-17-6-2-7-18-42)49-35-37-54-56(39-49)52-24-12-13-25-53(52)59-55-38-36-50(40-58(55)63-60(54)59)62(46-21-8-3-9-22-46)57-26-14-20-45-19-10-11-23-51(45)57/h1-44H;1-40H. The maximum atomic E-state index is 7.17. The molecule has 0 aliphatic carbocycles. The summed E-state index contributed by atoms with van der Waals surface area (Å²) >= 11 is 0. The van der Waals surface area contributed by atoms with E-state index in [9.17, 15) is 0 Å². The van der Waals surface area contributed by atoms with Crippen LogP contribution in [0, 0.1) is 0 Å². The van der Waals surface area contributed by atoms with Gasteiger partial charge in [-0.15, -0.1) is 0 Å². The van der Waals surface area contributed by atoms with Crippen LogP contribution in [0.2, 0.25) is 0 Å². The van der Waals surface area contributed by atoms with E-state index in [4.69, 9.17) is 8.83 Å². The van der Waals surface area contributed by atoms with Crippen molar-refractivity contribution >= 4 is 210 Å². The van der Waals surface area contributed by atoms with E-state index in [-0.39, 0.29) is 0 Å². The number of benzene rings is 23. The summed E-state index contributed by atoms with van der Waals surface area (Å²) in [6.07, 6.45) is 0. The highest BCUT2D eigenvalue weighted by Crippen LogP contribution is 2.52. The molecule has 8 heteroatoms. The molecule has 0 saturated carbocycles. The van der Waals surface area contributed by atoms with E-state index >= 15 is 0 Å². The molecule has 27 aromatic rings. The molecule has 0 aliphatic rings. The molecule has 0 fully saturated rings. The molecule has 136 heavy (non-hydrogen) atoms. The highest BCUT2D eigenvalue weighted by molar-refractivity contribution is 6.32. The second-order valence-corrected chi connectivity index (χ2v) is 35.0. The molecule has 0 amide bonds. The lowest BCUT2D eigenvalue weighted by molar-refractivity contribution is 0.672. The third-order valence-electron chi connectivity index (χ3n) is 27.2. The zero-order valence-electron chi connectivity index (χ0n) is 74.0. The summed E-state index contributed by atoms with van der Waals surface area (Å²) in [6.45, 7) is 0. The summed E-state index contributed by atoms with van der Waals surface area (Å²) in [4.78, 5) is 9.42. The van der Waals surface area contributed by atoms with Crippen LogP contribution in [-0.4, -0.2) is 9.13 Å². The molecule has 4 heterocycles. The summed E-state index contributed by atoms with van der Waals surface area (Å²) in [7, 11) is 0. The number of aromatic nitrogens is 2. The fourth-order valence-corrected chi connectivity index (χ4v) is 21.1. The quantitative estimate of drug-likeness (QED) is 0.0899. The van der Waals surface area contributed by atoms with Crippen molar-refractivity contribution in [2.24, 2.45) is 0 Å². The van der Waals surface area contributed by atoms with E-state index in [1.165, 1.54) is 92.8 Å². The Balaban J connectivity index is 0.000000143. The van der Waals surface area contributed by atoms with Gasteiger partial charge in [0.15, 0.2) is 0 Å². The molecule has 27 rings (SSSR count). The van der Waals surface area contributed by atoms with E-state index in [1.807, 2.05) is 0 Å². The van der Waals surface area contributed by atoms with E-state index in [2.05, 4.69) is 538 Å². The number of nitrogens with zero attached hydrogens (tertiary/aromatic N) is 6. The zero-order chi connectivity index (χ0) is 89.7. The molecule has 8 nitrogen and oxygen atoms in total. The van der Waals surface area contributed by atoms with Crippen molar-refractivity contribution in [2.75, 3.05) is 19.6 Å². The first kappa shape index (κ1) is 78.8. The lowest BCUT2D eigenvalue weighted by Crippen LogP contribution is -2.10. The molecule has 0 bridgehead atoms. The Hall–Kier alpha value is -18.2. The maximum Gasteiger partial charge on any atom is 0.143 e. The van der Waals surface area contributed by atoms with Crippen LogP contribution < -0.4 is 19.6 Å². The molecular weight excluding hydrogens is 1650 g/mol. The normalized spacial score (nSPS) is 11.7. The van der Waals surface area contributed by atoms with Crippen LogP contribution in [0.3, 0.4) is 0 Å². The Morgan fingerprint density at radius 3 is 0.860 bits per heavy atom. The Labute approximate surface area is 785 Å². The van der Waals surface area contributed by atoms with Gasteiger partial charge >= 0.3 is 0 Å². The van der Waals surface area contributed by atoms with Crippen LogP contribution in [0.25, 0.3) is 175 Å². The SMILES string of the molecule is c1ccc(-c2ccc(N(c3ccc(-c4ccccc4)cc3)c3ccc4c(c3)c3ccccc3c3c5ccc(N(c6ccccc6)c6cccc7ccccc67)cc5oc43)cc2)cc1.c1ccc(N(c2ccc3c(c2)oc2c4ccc(N(c5ccccc5)c5ccc6c(c5)c5ccccc5n6-c5ccccc5)cc4c4ccccc4c32)c2ccc3c(c2)c2ccccc2n3-c2ccccc2)cc1. The van der Waals surface area contributed by atoms with Gasteiger partial charge < -0.3 is 37.6 Å². The molecule has 0 radical (unpaired) electrons. The van der Waals surface area contributed by atoms with Crippen molar-refractivity contribution in [3.8, 4) is 33.6 Å². The third-order valence-corrected chi connectivity index (χ3v) is 27.2. The minimum Gasteiger partial charge on any atom is -0.455 e. The van der Waals surface area contributed by atoms with E-state index in [1.54, 1.807) is 0 Å². The minimum atomic E-state index is 0.839. The molecule has 23 aromatic carbocycles. The molecule has 4 aromatic heterocycles. The molecule has 0 spiro atoms. The van der Waals surface area contributed by atoms with Crippen molar-refractivity contribution in [2.45, 2.75) is 0 Å². The molecule has 0 N–H and O–H groups in total. The van der Waals surface area contributed by atoms with Crippen LogP contribution in [0.1, 0.15) is 0 Å². The molecule has 0 unspecified atom stereocenters. The molecule has 0 atom stereocenters. The Morgan fingerprint density at radius 1 is 0.154 bits per heavy atom. The van der Waals surface area contributed by atoms with E-state index in [0.717, 1.165) is 150 Å². The fourth-order valence-electron chi connectivity index (χ4n) is 21.1. The average molecular weight is 1740 g/mol. The van der Waals surface area contributed by atoms with Gasteiger partial charge in [0.25, 0.3) is 0 Å². The summed E-state index contributed by atoms with van der Waals surface area (Å²) in [6, 6.07) is 183. The van der Waals surface area contributed by atoms with Crippen LogP contribution in [0.5, 0.6) is 0 Å². The van der Waals surface area contributed by atoms with Gasteiger partial charge in [0.05, 0.1) is 27.8 Å². The largest absolute Gasteiger partial charge is 0.455 e. The predicted octanol–water partition coefficient (Wildman–Crippen LogP) is 36.3. The Kier molecular flexibility index (Phi) is 19.1. The number of hydrogen-bond acceptors (Lipinski definition) is 6. The number of fused-ring (bicyclic) bond motifs is 23. The lowest BCUT2D eigenvalue weighted by Gasteiger charge is -2.26. The molecule has 0 aliphatic heterocycles. The summed E-state index contributed by atoms with van der Waals surface area (Å²) in [5, 5.41) is 20.8. The maximum absolute atomic E-state index is 7.17. The van der Waals surface area contributed by atoms with Gasteiger partial charge in [0.2, 0.25) is 0 Å². The topological polar surface area (TPSA) is 49.1 Å². The lowest BCUT2D eigenvalue weighted by atomic mass is 9.96. The van der Waals surface area contributed by atoms with Gasteiger partial charge in [-0.05, 0) is 260 Å². The number of rotatable bonds is 16. The van der Waals surface area contributed by atoms with Gasteiger partial charge in [-0.2, -0.15) is 0 Å². The second kappa shape index (κ2) is 33.0. The summed E-state index contributed by atoms with van der Waals surface area (Å²) in [5.41, 5.74) is 28.1. The van der Waals surface area contributed by atoms with Gasteiger partial charge in [-0.1, -0.05) is 297 Å². The van der Waals surface area contributed by atoms with Gasteiger partial charge in [0, 0.05) is 145 Å². The first-order valence-electron chi connectivity index (χ1n) is 46.4. The van der Waals surface area contributed by atoms with Crippen LogP contribution >= 0.6 is 0 Å². The summed E-state index contributed by atoms with van der Waals surface area (Å²) in [5.74, 6) is 0. The highest BCUT2D eigenvalue weighted by Gasteiger charge is 2.27. The summed E-state index contributed by atoms with van der Waals surface area (Å²) < 4.78 is 19.0. The number of anilines is 12. The number of para-hydroxylation sites is 7. The van der Waals surface area contributed by atoms with E-state index in [0.29, 0.717) is 0 Å². The van der Waals surface area contributed by atoms with Gasteiger partial charge in [0.1, 0.15) is 22.3 Å². The highest BCUT2D eigenvalue weighted by atomic mass is 16.3. The average Bonchev–Trinajstić information content (AvgIpc) is 1.50.